The van der Waals surface area contributed by atoms with E-state index in [0.29, 0.717) is 28.5 Å². The lowest BCUT2D eigenvalue weighted by atomic mass is 9.95. The molecule has 1 aliphatic heterocycles. The Balaban J connectivity index is 1.85. The number of aliphatic hydroxyl groups excluding tert-OH is 1. The van der Waals surface area contributed by atoms with E-state index in [4.69, 9.17) is 16.3 Å². The summed E-state index contributed by atoms with van der Waals surface area (Å²) in [5.74, 6) is -1.96. The van der Waals surface area contributed by atoms with Gasteiger partial charge in [-0.25, -0.2) is 4.39 Å². The first-order chi connectivity index (χ1) is 15.9. The third kappa shape index (κ3) is 4.47. The van der Waals surface area contributed by atoms with Crippen LogP contribution in [0.15, 0.2) is 78.4 Å². The van der Waals surface area contributed by atoms with Crippen LogP contribution in [0.2, 0.25) is 5.02 Å². The molecule has 1 saturated heterocycles. The number of benzene rings is 3. The molecule has 1 amide bonds. The fourth-order valence-corrected chi connectivity index (χ4v) is 3.90. The van der Waals surface area contributed by atoms with Crippen LogP contribution in [0.5, 0.6) is 5.75 Å². The van der Waals surface area contributed by atoms with Crippen LogP contribution < -0.4 is 9.64 Å². The first-order valence-electron chi connectivity index (χ1n) is 10.5. The van der Waals surface area contributed by atoms with Crippen LogP contribution in [0.3, 0.4) is 0 Å². The molecule has 1 heterocycles. The lowest BCUT2D eigenvalue weighted by Gasteiger charge is -2.25. The van der Waals surface area contributed by atoms with Crippen molar-refractivity contribution >= 4 is 34.7 Å². The van der Waals surface area contributed by atoms with Gasteiger partial charge in [0.05, 0.1) is 18.2 Å². The van der Waals surface area contributed by atoms with Gasteiger partial charge in [-0.1, -0.05) is 36.7 Å². The molecule has 4 rings (SSSR count). The van der Waals surface area contributed by atoms with Crippen molar-refractivity contribution < 1.29 is 23.8 Å². The van der Waals surface area contributed by atoms with Crippen LogP contribution in [-0.2, 0) is 9.59 Å². The Morgan fingerprint density at radius 1 is 1.06 bits per heavy atom. The Bertz CT molecular complexity index is 1220. The van der Waals surface area contributed by atoms with Crippen LogP contribution in [-0.4, -0.2) is 23.4 Å². The molecule has 5 nitrogen and oxygen atoms in total. The van der Waals surface area contributed by atoms with E-state index in [-0.39, 0.29) is 17.0 Å². The van der Waals surface area contributed by atoms with E-state index in [1.165, 1.54) is 29.2 Å². The summed E-state index contributed by atoms with van der Waals surface area (Å²) in [5, 5.41) is 11.6. The fourth-order valence-electron chi connectivity index (χ4n) is 3.77. The molecule has 1 unspecified atom stereocenters. The highest BCUT2D eigenvalue weighted by Gasteiger charge is 2.47. The van der Waals surface area contributed by atoms with Gasteiger partial charge in [-0.05, 0) is 66.6 Å². The largest absolute Gasteiger partial charge is 0.507 e. The van der Waals surface area contributed by atoms with Gasteiger partial charge in [0.25, 0.3) is 11.7 Å². The molecule has 3 aromatic rings. The molecular weight excluding hydrogens is 445 g/mol. The third-order valence-electron chi connectivity index (χ3n) is 5.32. The minimum absolute atomic E-state index is 0.0891. The molecule has 1 fully saturated rings. The lowest BCUT2D eigenvalue weighted by Crippen LogP contribution is -2.29. The molecule has 1 aliphatic rings. The van der Waals surface area contributed by atoms with E-state index in [9.17, 15) is 19.1 Å². The Labute approximate surface area is 195 Å². The molecule has 7 heteroatoms. The number of hydrogen-bond acceptors (Lipinski definition) is 4. The van der Waals surface area contributed by atoms with Crippen molar-refractivity contribution in [1.82, 2.24) is 0 Å². The zero-order valence-corrected chi connectivity index (χ0v) is 18.6. The summed E-state index contributed by atoms with van der Waals surface area (Å²) in [6.45, 7) is 2.55. The fraction of sp³-hybridized carbons (Fsp3) is 0.154. The summed E-state index contributed by atoms with van der Waals surface area (Å²) in [6.07, 6.45) is 0.854. The normalized spacial score (nSPS) is 17.4. The topological polar surface area (TPSA) is 66.8 Å². The van der Waals surface area contributed by atoms with Crippen LogP contribution in [0.1, 0.15) is 30.5 Å². The van der Waals surface area contributed by atoms with Crippen LogP contribution >= 0.6 is 11.6 Å². The molecule has 0 spiro atoms. The molecule has 0 radical (unpaired) electrons. The van der Waals surface area contributed by atoms with Gasteiger partial charge in [-0.15, -0.1) is 0 Å². The Kier molecular flexibility index (Phi) is 6.47. The van der Waals surface area contributed by atoms with Gasteiger partial charge in [0.2, 0.25) is 0 Å². The van der Waals surface area contributed by atoms with Gasteiger partial charge in [0.15, 0.2) is 0 Å². The summed E-state index contributed by atoms with van der Waals surface area (Å²) < 4.78 is 19.5. The average molecular weight is 466 g/mol. The van der Waals surface area contributed by atoms with Crippen LogP contribution in [0.25, 0.3) is 5.76 Å². The summed E-state index contributed by atoms with van der Waals surface area (Å²) >= 11 is 6.03. The molecule has 0 saturated carbocycles. The van der Waals surface area contributed by atoms with Crippen LogP contribution in [0.4, 0.5) is 10.1 Å². The number of hydrogen-bond donors (Lipinski definition) is 1. The number of carbonyl (C=O) groups excluding carboxylic acids is 2. The zero-order chi connectivity index (χ0) is 23.5. The second-order valence-electron chi connectivity index (χ2n) is 7.57. The van der Waals surface area contributed by atoms with Crippen molar-refractivity contribution in [2.24, 2.45) is 0 Å². The van der Waals surface area contributed by atoms with Crippen molar-refractivity contribution in [3.8, 4) is 5.75 Å². The standard InChI is InChI=1S/C26H21ClFNO4/c1-2-14-33-21-12-8-17(9-13-21)24(30)22-23(16-6-10-18(27)11-7-16)29(26(32)25(22)31)20-5-3-4-19(28)15-20/h3-13,15,23,30H,2,14H2,1H3/b24-22+. The highest BCUT2D eigenvalue weighted by atomic mass is 35.5. The van der Waals surface area contributed by atoms with Crippen molar-refractivity contribution in [2.75, 3.05) is 11.5 Å². The maximum Gasteiger partial charge on any atom is 0.300 e. The Hall–Kier alpha value is -3.64. The van der Waals surface area contributed by atoms with Crippen LogP contribution in [0, 0.1) is 5.82 Å². The zero-order valence-electron chi connectivity index (χ0n) is 17.8. The molecule has 0 aromatic heterocycles. The molecule has 1 atom stereocenters. The molecule has 3 aromatic carbocycles. The highest BCUT2D eigenvalue weighted by Crippen LogP contribution is 2.42. The van der Waals surface area contributed by atoms with E-state index in [1.54, 1.807) is 48.5 Å². The number of amides is 1. The predicted molar refractivity (Wildman–Crippen MR) is 125 cm³/mol. The molecule has 1 N–H and O–H groups in total. The van der Waals surface area contributed by atoms with Gasteiger partial charge in [0, 0.05) is 16.3 Å². The number of nitrogens with zero attached hydrogens (tertiary/aromatic N) is 1. The molecular formula is C26H21ClFNO4. The maximum absolute atomic E-state index is 14.0. The van der Waals surface area contributed by atoms with E-state index < -0.39 is 23.5 Å². The number of ether oxygens (including phenoxy) is 1. The Morgan fingerprint density at radius 3 is 2.39 bits per heavy atom. The number of anilines is 1. The summed E-state index contributed by atoms with van der Waals surface area (Å²) in [4.78, 5) is 27.3. The first-order valence-corrected chi connectivity index (χ1v) is 10.8. The van der Waals surface area contributed by atoms with Gasteiger partial charge in [0.1, 0.15) is 17.3 Å². The number of Topliss-reactive ketones (excluding diaryl/α,β-unsaturated/α-hetero) is 1. The lowest BCUT2D eigenvalue weighted by molar-refractivity contribution is -0.132. The summed E-state index contributed by atoms with van der Waals surface area (Å²) in [5.41, 5.74) is 1.02. The minimum Gasteiger partial charge on any atom is -0.507 e. The molecule has 168 valence electrons. The van der Waals surface area contributed by atoms with Gasteiger partial charge < -0.3 is 9.84 Å². The summed E-state index contributed by atoms with van der Waals surface area (Å²) in [7, 11) is 0. The van der Waals surface area contributed by atoms with Crippen molar-refractivity contribution in [1.29, 1.82) is 0 Å². The van der Waals surface area contributed by atoms with Crippen molar-refractivity contribution in [3.63, 3.8) is 0 Å². The predicted octanol–water partition coefficient (Wildman–Crippen LogP) is 5.89. The number of rotatable bonds is 6. The van der Waals surface area contributed by atoms with E-state index in [0.717, 1.165) is 6.42 Å². The van der Waals surface area contributed by atoms with Crippen molar-refractivity contribution in [3.05, 3.63) is 100 Å². The van der Waals surface area contributed by atoms with Gasteiger partial charge in [-0.3, -0.25) is 14.5 Å². The average Bonchev–Trinajstić information content (AvgIpc) is 3.08. The third-order valence-corrected chi connectivity index (χ3v) is 5.57. The van der Waals surface area contributed by atoms with Crippen molar-refractivity contribution in [2.45, 2.75) is 19.4 Å². The van der Waals surface area contributed by atoms with Gasteiger partial charge >= 0.3 is 0 Å². The second-order valence-corrected chi connectivity index (χ2v) is 8.01. The molecule has 0 aliphatic carbocycles. The Morgan fingerprint density at radius 2 is 1.76 bits per heavy atom. The summed E-state index contributed by atoms with van der Waals surface area (Å²) in [6, 6.07) is 17.7. The first kappa shape index (κ1) is 22.6. The number of carbonyl (C=O) groups is 2. The highest BCUT2D eigenvalue weighted by molar-refractivity contribution is 6.51. The molecule has 33 heavy (non-hydrogen) atoms. The monoisotopic (exact) mass is 465 g/mol. The number of halogens is 2. The van der Waals surface area contributed by atoms with E-state index in [2.05, 4.69) is 0 Å². The molecule has 0 bridgehead atoms. The number of ketones is 1. The number of aliphatic hydroxyl groups is 1. The smallest absolute Gasteiger partial charge is 0.300 e. The minimum atomic E-state index is -0.958. The second kappa shape index (κ2) is 9.46. The quantitative estimate of drug-likeness (QED) is 0.280. The van der Waals surface area contributed by atoms with E-state index in [1.807, 2.05) is 6.92 Å². The maximum atomic E-state index is 14.0. The van der Waals surface area contributed by atoms with Gasteiger partial charge in [-0.2, -0.15) is 0 Å². The SMILES string of the molecule is CCCOc1ccc(/C(O)=C2\C(=O)C(=O)N(c3cccc(F)c3)C2c2ccc(Cl)cc2)cc1. The van der Waals surface area contributed by atoms with E-state index >= 15 is 0 Å².